The van der Waals surface area contributed by atoms with Crippen LogP contribution in [0.4, 0.5) is 5.69 Å². The first kappa shape index (κ1) is 16.0. The zero-order chi connectivity index (χ0) is 16.9. The van der Waals surface area contributed by atoms with Crippen LogP contribution in [0.3, 0.4) is 0 Å². The number of benzene rings is 2. The highest BCUT2D eigenvalue weighted by Crippen LogP contribution is 2.21. The van der Waals surface area contributed by atoms with Crippen molar-refractivity contribution in [3.05, 3.63) is 54.2 Å². The summed E-state index contributed by atoms with van der Waals surface area (Å²) in [5.41, 5.74) is 2.55. The maximum Gasteiger partial charge on any atom is 0.246 e. The van der Waals surface area contributed by atoms with Crippen molar-refractivity contribution >= 4 is 22.5 Å². The molecule has 3 aromatic rings. The number of H-pyrrole nitrogens is 1. The van der Waals surface area contributed by atoms with E-state index >= 15 is 0 Å². The number of aromatic nitrogens is 2. The molecule has 0 spiro atoms. The average Bonchev–Trinajstić information content (AvgIpc) is 3.05. The first-order valence-electron chi connectivity index (χ1n) is 7.85. The molecule has 1 amide bonds. The first-order chi connectivity index (χ1) is 11.7. The molecule has 6 nitrogen and oxygen atoms in total. The predicted octanol–water partition coefficient (Wildman–Crippen LogP) is 2.86. The van der Waals surface area contributed by atoms with Crippen LogP contribution in [0.1, 0.15) is 18.5 Å². The van der Waals surface area contributed by atoms with E-state index in [0.717, 1.165) is 27.9 Å². The summed E-state index contributed by atoms with van der Waals surface area (Å²) >= 11 is 0. The van der Waals surface area contributed by atoms with Crippen molar-refractivity contribution < 1.29 is 9.53 Å². The second kappa shape index (κ2) is 7.14. The molecule has 24 heavy (non-hydrogen) atoms. The molecule has 3 N–H and O–H groups in total. The molecular formula is C18H20N4O2. The second-order valence-electron chi connectivity index (χ2n) is 5.39. The minimum Gasteiger partial charge on any atom is -0.494 e. The lowest BCUT2D eigenvalue weighted by molar-refractivity contribution is -0.118. The highest BCUT2D eigenvalue weighted by molar-refractivity contribution is 5.97. The Bertz CT molecular complexity index is 826. The fourth-order valence-corrected chi connectivity index (χ4v) is 2.61. The average molecular weight is 324 g/mol. The molecule has 0 aliphatic heterocycles. The molecule has 0 bridgehead atoms. The minimum atomic E-state index is -0.444. The number of ether oxygens (including phenoxy) is 1. The topological polar surface area (TPSA) is 79.0 Å². The van der Waals surface area contributed by atoms with Gasteiger partial charge < -0.3 is 15.4 Å². The van der Waals surface area contributed by atoms with Gasteiger partial charge in [0.1, 0.15) is 11.8 Å². The van der Waals surface area contributed by atoms with Crippen LogP contribution in [-0.4, -0.2) is 29.8 Å². The SMILES string of the molecule is CCOc1ccc(C(NC)C(=O)Nc2ccc3[nH]ncc3c2)cc1. The van der Waals surface area contributed by atoms with Crippen molar-refractivity contribution in [3.8, 4) is 5.75 Å². The quantitative estimate of drug-likeness (QED) is 0.651. The number of aromatic amines is 1. The number of hydrogen-bond acceptors (Lipinski definition) is 4. The fraction of sp³-hybridized carbons (Fsp3) is 0.222. The molecule has 1 unspecified atom stereocenters. The normalized spacial score (nSPS) is 12.1. The lowest BCUT2D eigenvalue weighted by Gasteiger charge is -2.17. The van der Waals surface area contributed by atoms with Gasteiger partial charge in [0.25, 0.3) is 0 Å². The van der Waals surface area contributed by atoms with Gasteiger partial charge in [0.05, 0.1) is 18.3 Å². The van der Waals surface area contributed by atoms with Crippen molar-refractivity contribution in [2.24, 2.45) is 0 Å². The van der Waals surface area contributed by atoms with E-state index in [2.05, 4.69) is 20.8 Å². The zero-order valence-electron chi connectivity index (χ0n) is 13.7. The van der Waals surface area contributed by atoms with Gasteiger partial charge in [-0.2, -0.15) is 5.10 Å². The van der Waals surface area contributed by atoms with E-state index in [0.29, 0.717) is 6.61 Å². The first-order valence-corrected chi connectivity index (χ1v) is 7.85. The maximum absolute atomic E-state index is 12.6. The van der Waals surface area contributed by atoms with Crippen LogP contribution >= 0.6 is 0 Å². The van der Waals surface area contributed by atoms with E-state index in [4.69, 9.17) is 4.74 Å². The van der Waals surface area contributed by atoms with Crippen molar-refractivity contribution in [2.45, 2.75) is 13.0 Å². The van der Waals surface area contributed by atoms with Crippen LogP contribution < -0.4 is 15.4 Å². The molecule has 0 aliphatic rings. The van der Waals surface area contributed by atoms with E-state index in [1.165, 1.54) is 0 Å². The second-order valence-corrected chi connectivity index (χ2v) is 5.39. The Hall–Kier alpha value is -2.86. The molecule has 2 aromatic carbocycles. The standard InChI is InChI=1S/C18H20N4O2/c1-3-24-15-7-4-12(5-8-15)17(19-2)18(23)21-14-6-9-16-13(10-14)11-20-22-16/h4-11,17,19H,3H2,1-2H3,(H,20,22)(H,21,23). The van der Waals surface area contributed by atoms with E-state index in [1.54, 1.807) is 13.2 Å². The molecule has 124 valence electrons. The molecule has 6 heteroatoms. The monoisotopic (exact) mass is 324 g/mol. The van der Waals surface area contributed by atoms with Crippen molar-refractivity contribution in [1.29, 1.82) is 0 Å². The number of carbonyl (C=O) groups is 1. The van der Waals surface area contributed by atoms with Crippen LogP contribution in [0.25, 0.3) is 10.9 Å². The molecule has 3 rings (SSSR count). The van der Waals surface area contributed by atoms with Gasteiger partial charge in [-0.1, -0.05) is 12.1 Å². The van der Waals surface area contributed by atoms with Crippen LogP contribution in [0.2, 0.25) is 0 Å². The molecule has 1 aromatic heterocycles. The Kier molecular flexibility index (Phi) is 4.77. The van der Waals surface area contributed by atoms with Crippen LogP contribution in [-0.2, 0) is 4.79 Å². The van der Waals surface area contributed by atoms with Crippen molar-refractivity contribution in [2.75, 3.05) is 19.0 Å². The number of likely N-dealkylation sites (N-methyl/N-ethyl adjacent to an activating group) is 1. The number of rotatable bonds is 6. The Labute approximate surface area is 140 Å². The number of anilines is 1. The summed E-state index contributed by atoms with van der Waals surface area (Å²) in [4.78, 5) is 12.6. The minimum absolute atomic E-state index is 0.121. The molecule has 0 saturated carbocycles. The summed E-state index contributed by atoms with van der Waals surface area (Å²) in [6.45, 7) is 2.56. The lowest BCUT2D eigenvalue weighted by Crippen LogP contribution is -2.30. The smallest absolute Gasteiger partial charge is 0.246 e. The Morgan fingerprint density at radius 3 is 2.75 bits per heavy atom. The highest BCUT2D eigenvalue weighted by Gasteiger charge is 2.19. The summed E-state index contributed by atoms with van der Waals surface area (Å²) in [6, 6.07) is 12.7. The van der Waals surface area contributed by atoms with Gasteiger partial charge in [-0.15, -0.1) is 0 Å². The van der Waals surface area contributed by atoms with Crippen LogP contribution in [0.15, 0.2) is 48.7 Å². The molecule has 1 heterocycles. The van der Waals surface area contributed by atoms with Crippen LogP contribution in [0.5, 0.6) is 5.75 Å². The summed E-state index contributed by atoms with van der Waals surface area (Å²) in [7, 11) is 1.76. The van der Waals surface area contributed by atoms with Crippen molar-refractivity contribution in [3.63, 3.8) is 0 Å². The van der Waals surface area contributed by atoms with Gasteiger partial charge in [0.15, 0.2) is 0 Å². The lowest BCUT2D eigenvalue weighted by atomic mass is 10.1. The number of nitrogens with one attached hydrogen (secondary N) is 3. The summed E-state index contributed by atoms with van der Waals surface area (Å²) < 4.78 is 5.43. The van der Waals surface area contributed by atoms with E-state index in [9.17, 15) is 4.79 Å². The molecule has 0 aliphatic carbocycles. The number of nitrogens with zero attached hydrogens (tertiary/aromatic N) is 1. The van der Waals surface area contributed by atoms with Gasteiger partial charge in [-0.25, -0.2) is 0 Å². The maximum atomic E-state index is 12.6. The Balaban J connectivity index is 1.75. The summed E-state index contributed by atoms with van der Waals surface area (Å²) in [5.74, 6) is 0.673. The van der Waals surface area contributed by atoms with E-state index in [-0.39, 0.29) is 5.91 Å². The molecule has 0 fully saturated rings. The molecule has 1 atom stereocenters. The number of fused-ring (bicyclic) bond motifs is 1. The Morgan fingerprint density at radius 2 is 2.04 bits per heavy atom. The Morgan fingerprint density at radius 1 is 1.25 bits per heavy atom. The third-order valence-corrected chi connectivity index (χ3v) is 3.78. The van der Waals surface area contributed by atoms with E-state index < -0.39 is 6.04 Å². The third kappa shape index (κ3) is 3.38. The van der Waals surface area contributed by atoms with Gasteiger partial charge in [0.2, 0.25) is 5.91 Å². The number of amides is 1. The van der Waals surface area contributed by atoms with Gasteiger partial charge >= 0.3 is 0 Å². The third-order valence-electron chi connectivity index (χ3n) is 3.78. The number of carbonyl (C=O) groups excluding carboxylic acids is 1. The summed E-state index contributed by atoms with van der Waals surface area (Å²) in [6.07, 6.45) is 1.73. The molecular weight excluding hydrogens is 304 g/mol. The summed E-state index contributed by atoms with van der Waals surface area (Å²) in [5, 5.41) is 13.8. The predicted molar refractivity (Wildman–Crippen MR) is 94.1 cm³/mol. The fourth-order valence-electron chi connectivity index (χ4n) is 2.61. The largest absolute Gasteiger partial charge is 0.494 e. The molecule has 0 saturated heterocycles. The number of hydrogen-bond donors (Lipinski definition) is 3. The zero-order valence-corrected chi connectivity index (χ0v) is 13.7. The van der Waals surface area contributed by atoms with Crippen molar-refractivity contribution in [1.82, 2.24) is 15.5 Å². The van der Waals surface area contributed by atoms with Gasteiger partial charge in [-0.05, 0) is 49.9 Å². The van der Waals surface area contributed by atoms with Gasteiger partial charge in [-0.3, -0.25) is 9.89 Å². The van der Waals surface area contributed by atoms with E-state index in [1.807, 2.05) is 49.4 Å². The van der Waals surface area contributed by atoms with Crippen LogP contribution in [0, 0.1) is 0 Å². The molecule has 0 radical (unpaired) electrons. The highest BCUT2D eigenvalue weighted by atomic mass is 16.5. The van der Waals surface area contributed by atoms with Gasteiger partial charge in [0, 0.05) is 11.1 Å².